The molecule has 0 aliphatic rings. The summed E-state index contributed by atoms with van der Waals surface area (Å²) in [5.74, 6) is 0.220. The van der Waals surface area contributed by atoms with Crippen molar-refractivity contribution in [2.45, 2.75) is 0 Å². The van der Waals surface area contributed by atoms with Gasteiger partial charge in [0.05, 0.1) is 33.0 Å². The van der Waals surface area contributed by atoms with Crippen LogP contribution in [0.5, 0.6) is 5.75 Å². The number of fused-ring (bicyclic) bond motifs is 14. The number of hydrogen-bond acceptors (Lipinski definition) is 3. The molecule has 5 heterocycles. The van der Waals surface area contributed by atoms with Gasteiger partial charge >= 0.3 is 0 Å². The van der Waals surface area contributed by atoms with E-state index in [1.807, 2.05) is 36.5 Å². The van der Waals surface area contributed by atoms with E-state index < -0.39 is 0 Å². The predicted octanol–water partition coefficient (Wildman–Crippen LogP) is 10.2. The van der Waals surface area contributed by atoms with Gasteiger partial charge in [0.15, 0.2) is 0 Å². The zero-order valence-electron chi connectivity index (χ0n) is 25.3. The number of aromatic hydroxyl groups is 1. The van der Waals surface area contributed by atoms with Crippen LogP contribution in [0.3, 0.4) is 0 Å². The van der Waals surface area contributed by atoms with E-state index >= 15 is 0 Å². The number of phenolic OH excluding ortho intramolecular Hbond substituents is 1. The number of hydrogen-bond donors (Lipinski definition) is 1. The van der Waals surface area contributed by atoms with Crippen LogP contribution in [-0.2, 0) is 21.1 Å². The Kier molecular flexibility index (Phi) is 5.62. The topological polar surface area (TPSA) is 54.8 Å². The molecule has 0 unspecified atom stereocenters. The third-order valence-electron chi connectivity index (χ3n) is 9.85. The smallest absolute Gasteiger partial charge is 0.149 e. The van der Waals surface area contributed by atoms with Crippen molar-refractivity contribution in [1.29, 1.82) is 0 Å². The first kappa shape index (κ1) is 27.4. The molecular weight excluding hydrogens is 772 g/mol. The molecule has 0 aliphatic heterocycles. The average molecular weight is 795 g/mol. The molecular formula is C42H23N4OPt-. The fourth-order valence-corrected chi connectivity index (χ4v) is 7.96. The normalized spacial score (nSPS) is 12.1. The maximum absolute atomic E-state index is 11.2. The number of pyridine rings is 2. The largest absolute Gasteiger partial charge is 0.507 e. The maximum atomic E-state index is 11.2. The standard InChI is InChI=1S/C42H23N4O.Pt/c47-37-20-9-12-27-25-10-1-4-18-34(25)46-35-19-8-13-28(40(35)44-42(46)39(27)37)31-22-24(32-16-5-6-21-43-32)23-36-38(31)30-15-7-14-29-26-11-2-3-17-33(26)45(36)41(29)30;/h1-21,23,47H;/q-1;. The zero-order chi connectivity index (χ0) is 30.8. The monoisotopic (exact) mass is 794 g/mol. The summed E-state index contributed by atoms with van der Waals surface area (Å²) in [4.78, 5) is 10.1. The Morgan fingerprint density at radius 3 is 2.06 bits per heavy atom. The van der Waals surface area contributed by atoms with Gasteiger partial charge in [-0.1, -0.05) is 114 Å². The molecule has 11 aromatic rings. The Bertz CT molecular complexity index is 3090. The Morgan fingerprint density at radius 2 is 1.23 bits per heavy atom. The Morgan fingerprint density at radius 1 is 0.562 bits per heavy atom. The molecule has 0 saturated heterocycles. The molecule has 0 amide bonds. The molecule has 0 fully saturated rings. The van der Waals surface area contributed by atoms with Gasteiger partial charge in [-0.25, -0.2) is 4.98 Å². The third-order valence-corrected chi connectivity index (χ3v) is 9.85. The van der Waals surface area contributed by atoms with Gasteiger partial charge < -0.3 is 9.51 Å². The van der Waals surface area contributed by atoms with Crippen molar-refractivity contribution in [3.8, 4) is 28.1 Å². The van der Waals surface area contributed by atoms with Gasteiger partial charge in [-0.05, 0) is 46.6 Å². The summed E-state index contributed by atoms with van der Waals surface area (Å²) in [5, 5.41) is 18.8. The molecule has 11 rings (SSSR count). The molecule has 5 aromatic heterocycles. The summed E-state index contributed by atoms with van der Waals surface area (Å²) < 4.78 is 4.60. The number of rotatable bonds is 2. The van der Waals surface area contributed by atoms with Gasteiger partial charge in [-0.2, -0.15) is 0 Å². The van der Waals surface area contributed by atoms with Gasteiger partial charge in [-0.15, -0.1) is 11.6 Å². The molecule has 0 spiro atoms. The van der Waals surface area contributed by atoms with Crippen molar-refractivity contribution in [3.63, 3.8) is 0 Å². The van der Waals surface area contributed by atoms with Crippen LogP contribution in [0.25, 0.3) is 98.8 Å². The minimum Gasteiger partial charge on any atom is -0.507 e. The molecule has 0 radical (unpaired) electrons. The van der Waals surface area contributed by atoms with Crippen LogP contribution in [0.15, 0.2) is 134 Å². The van der Waals surface area contributed by atoms with Gasteiger partial charge in [0.1, 0.15) is 11.4 Å². The van der Waals surface area contributed by atoms with E-state index in [9.17, 15) is 5.11 Å². The first-order valence-corrected chi connectivity index (χ1v) is 15.7. The summed E-state index contributed by atoms with van der Waals surface area (Å²) in [5.41, 5.74) is 10.9. The number of aromatic nitrogens is 4. The molecule has 1 N–H and O–H groups in total. The SMILES string of the molecule is Oc1cccc2c3ccccc3n3c4cccc(-c5[c-]c(-c6ccccn6)cc6c5c5cccc7c8ccccc8n6c75)c4nc3c12.[Pt]. The average Bonchev–Trinajstić information content (AvgIpc) is 3.79. The fraction of sp³-hybridized carbons (Fsp3) is 0. The number of phenols is 1. The van der Waals surface area contributed by atoms with E-state index in [2.05, 4.69) is 106 Å². The molecule has 48 heavy (non-hydrogen) atoms. The van der Waals surface area contributed by atoms with E-state index in [0.29, 0.717) is 0 Å². The summed E-state index contributed by atoms with van der Waals surface area (Å²) in [7, 11) is 0. The summed E-state index contributed by atoms with van der Waals surface area (Å²) >= 11 is 0. The van der Waals surface area contributed by atoms with Crippen LogP contribution >= 0.6 is 0 Å². The van der Waals surface area contributed by atoms with Crippen LogP contribution in [0.2, 0.25) is 0 Å². The number of para-hydroxylation sites is 4. The second kappa shape index (κ2) is 9.87. The van der Waals surface area contributed by atoms with Gasteiger partial charge in [0.2, 0.25) is 0 Å². The Hall–Kier alpha value is -5.77. The molecule has 0 saturated carbocycles. The first-order valence-electron chi connectivity index (χ1n) is 15.7. The number of benzene rings is 6. The molecule has 228 valence electrons. The molecule has 5 nitrogen and oxygen atoms in total. The van der Waals surface area contributed by atoms with Gasteiger partial charge in [-0.3, -0.25) is 9.38 Å². The second-order valence-electron chi connectivity index (χ2n) is 12.2. The van der Waals surface area contributed by atoms with Gasteiger partial charge in [0.25, 0.3) is 0 Å². The molecule has 0 atom stereocenters. The van der Waals surface area contributed by atoms with E-state index in [1.165, 1.54) is 27.2 Å². The first-order chi connectivity index (χ1) is 23.3. The van der Waals surface area contributed by atoms with E-state index in [0.717, 1.165) is 71.6 Å². The van der Waals surface area contributed by atoms with Crippen LogP contribution in [0.1, 0.15) is 0 Å². The van der Waals surface area contributed by atoms with Gasteiger partial charge in [0, 0.05) is 49.1 Å². The van der Waals surface area contributed by atoms with Crippen molar-refractivity contribution in [2.24, 2.45) is 0 Å². The van der Waals surface area contributed by atoms with Crippen LogP contribution in [-0.4, -0.2) is 23.9 Å². The number of nitrogens with zero attached hydrogens (tertiary/aromatic N) is 4. The van der Waals surface area contributed by atoms with Crippen LogP contribution in [0, 0.1) is 6.07 Å². The van der Waals surface area contributed by atoms with Crippen LogP contribution in [0.4, 0.5) is 0 Å². The Labute approximate surface area is 287 Å². The van der Waals surface area contributed by atoms with E-state index in [-0.39, 0.29) is 26.8 Å². The molecule has 6 heteroatoms. The number of imidazole rings is 1. The summed E-state index contributed by atoms with van der Waals surface area (Å²) in [6.07, 6.45) is 1.83. The van der Waals surface area contributed by atoms with Crippen molar-refractivity contribution in [1.82, 2.24) is 18.8 Å². The fourth-order valence-electron chi connectivity index (χ4n) is 7.96. The minimum absolute atomic E-state index is 0. The molecule has 6 aromatic carbocycles. The van der Waals surface area contributed by atoms with Crippen LogP contribution < -0.4 is 0 Å². The van der Waals surface area contributed by atoms with Crippen molar-refractivity contribution in [2.75, 3.05) is 0 Å². The van der Waals surface area contributed by atoms with Crippen molar-refractivity contribution >= 4 is 76.5 Å². The summed E-state index contributed by atoms with van der Waals surface area (Å²) in [6, 6.07) is 47.8. The summed E-state index contributed by atoms with van der Waals surface area (Å²) in [6.45, 7) is 0. The third kappa shape index (κ3) is 3.44. The van der Waals surface area contributed by atoms with E-state index in [1.54, 1.807) is 6.07 Å². The predicted molar refractivity (Wildman–Crippen MR) is 192 cm³/mol. The van der Waals surface area contributed by atoms with Crippen molar-refractivity contribution in [3.05, 3.63) is 140 Å². The quantitative estimate of drug-likeness (QED) is 0.140. The van der Waals surface area contributed by atoms with E-state index in [4.69, 9.17) is 9.97 Å². The molecule has 0 aliphatic carbocycles. The molecule has 0 bridgehead atoms. The maximum Gasteiger partial charge on any atom is 0.149 e. The Balaban J connectivity index is 0.00000295. The minimum atomic E-state index is 0. The zero-order valence-corrected chi connectivity index (χ0v) is 27.5. The van der Waals surface area contributed by atoms with Crippen molar-refractivity contribution < 1.29 is 26.2 Å². The second-order valence-corrected chi connectivity index (χ2v) is 12.2.